The molecule has 0 aromatic carbocycles. The molecule has 2 nitrogen and oxygen atoms in total. The van der Waals surface area contributed by atoms with Gasteiger partial charge in [-0.2, -0.15) is 11.8 Å². The fraction of sp³-hybridized carbons (Fsp3) is 1.00. The van der Waals surface area contributed by atoms with E-state index in [-0.39, 0.29) is 0 Å². The van der Waals surface area contributed by atoms with Gasteiger partial charge in [0.15, 0.2) is 0 Å². The third-order valence-electron chi connectivity index (χ3n) is 2.83. The van der Waals surface area contributed by atoms with Gasteiger partial charge in [0.05, 0.1) is 0 Å². The molecule has 1 N–H and O–H groups in total. The molecule has 84 valence electrons. The van der Waals surface area contributed by atoms with Gasteiger partial charge < -0.3 is 10.2 Å². The van der Waals surface area contributed by atoms with Crippen LogP contribution in [0.1, 0.15) is 26.7 Å². The number of nitrogens with one attached hydrogen (secondary N) is 1. The molecule has 1 aliphatic rings. The molecule has 0 bridgehead atoms. The lowest BCUT2D eigenvalue weighted by molar-refractivity contribution is 0.280. The zero-order chi connectivity index (χ0) is 10.4. The Hall–Kier alpha value is 0.270. The van der Waals surface area contributed by atoms with Gasteiger partial charge in [-0.15, -0.1) is 0 Å². The minimum absolute atomic E-state index is 0.498. The van der Waals surface area contributed by atoms with E-state index in [0.717, 1.165) is 6.54 Å². The molecule has 0 aromatic rings. The highest BCUT2D eigenvalue weighted by Crippen LogP contribution is 2.30. The van der Waals surface area contributed by atoms with E-state index < -0.39 is 0 Å². The Bertz CT molecular complexity index is 159. The Labute approximate surface area is 92.8 Å². The van der Waals surface area contributed by atoms with Gasteiger partial charge in [0.2, 0.25) is 0 Å². The first kappa shape index (κ1) is 12.3. The molecule has 0 unspecified atom stereocenters. The van der Waals surface area contributed by atoms with Crippen LogP contribution >= 0.6 is 11.8 Å². The molecular formula is C11H24N2S. The molecule has 0 atom stereocenters. The van der Waals surface area contributed by atoms with Gasteiger partial charge in [-0.3, -0.25) is 0 Å². The van der Waals surface area contributed by atoms with Gasteiger partial charge in [-0.1, -0.05) is 13.8 Å². The number of hydrogen-bond donors (Lipinski definition) is 1. The molecule has 0 radical (unpaired) electrons. The first-order chi connectivity index (χ1) is 6.64. The van der Waals surface area contributed by atoms with Crippen LogP contribution in [-0.4, -0.2) is 48.6 Å². The van der Waals surface area contributed by atoms with Crippen molar-refractivity contribution < 1.29 is 0 Å². The number of thioether (sulfide) groups is 1. The predicted octanol–water partition coefficient (Wildman–Crippen LogP) is 1.81. The van der Waals surface area contributed by atoms with Crippen LogP contribution in [0.25, 0.3) is 0 Å². The Kier molecular flexibility index (Phi) is 5.28. The molecule has 1 rings (SSSR count). The summed E-state index contributed by atoms with van der Waals surface area (Å²) < 4.78 is 0.498. The highest BCUT2D eigenvalue weighted by atomic mass is 32.2. The van der Waals surface area contributed by atoms with Gasteiger partial charge >= 0.3 is 0 Å². The van der Waals surface area contributed by atoms with Gasteiger partial charge in [-0.05, 0) is 39.5 Å². The van der Waals surface area contributed by atoms with Crippen molar-refractivity contribution >= 4 is 11.8 Å². The predicted molar refractivity (Wildman–Crippen MR) is 66.1 cm³/mol. The highest BCUT2D eigenvalue weighted by molar-refractivity contribution is 8.00. The summed E-state index contributed by atoms with van der Waals surface area (Å²) in [5.41, 5.74) is 0. The van der Waals surface area contributed by atoms with Crippen LogP contribution in [0.5, 0.6) is 0 Å². The Morgan fingerprint density at radius 1 is 1.36 bits per heavy atom. The van der Waals surface area contributed by atoms with Gasteiger partial charge in [0.25, 0.3) is 0 Å². The first-order valence-corrected chi connectivity index (χ1v) is 6.63. The summed E-state index contributed by atoms with van der Waals surface area (Å²) >= 11 is 2.13. The monoisotopic (exact) mass is 216 g/mol. The lowest BCUT2D eigenvalue weighted by atomic mass is 10.1. The summed E-state index contributed by atoms with van der Waals surface area (Å²) in [4.78, 5) is 2.61. The second-order valence-corrected chi connectivity index (χ2v) is 6.46. The molecule has 1 aliphatic heterocycles. The summed E-state index contributed by atoms with van der Waals surface area (Å²) in [7, 11) is 2.03. The summed E-state index contributed by atoms with van der Waals surface area (Å²) in [6.45, 7) is 9.70. The fourth-order valence-corrected chi connectivity index (χ4v) is 2.90. The average molecular weight is 216 g/mol. The van der Waals surface area contributed by atoms with E-state index in [1.165, 1.54) is 38.2 Å². The van der Waals surface area contributed by atoms with Gasteiger partial charge in [-0.25, -0.2) is 0 Å². The second kappa shape index (κ2) is 5.99. The first-order valence-electron chi connectivity index (χ1n) is 5.65. The van der Waals surface area contributed by atoms with E-state index >= 15 is 0 Å². The summed E-state index contributed by atoms with van der Waals surface area (Å²) in [5.74, 6) is 1.30. The Balaban J connectivity index is 2.21. The van der Waals surface area contributed by atoms with Crippen LogP contribution in [0.15, 0.2) is 0 Å². The fourth-order valence-electron chi connectivity index (χ4n) is 1.77. The van der Waals surface area contributed by atoms with Crippen LogP contribution in [0.3, 0.4) is 0 Å². The van der Waals surface area contributed by atoms with Crippen molar-refractivity contribution in [2.24, 2.45) is 0 Å². The molecule has 1 heterocycles. The molecule has 14 heavy (non-hydrogen) atoms. The maximum Gasteiger partial charge on any atom is 0.0116 e. The van der Waals surface area contributed by atoms with Crippen LogP contribution < -0.4 is 5.32 Å². The average Bonchev–Trinajstić information content (AvgIpc) is 2.28. The number of rotatable bonds is 4. The minimum atomic E-state index is 0.498. The largest absolute Gasteiger partial charge is 0.320 e. The zero-order valence-electron chi connectivity index (χ0n) is 9.81. The lowest BCUT2D eigenvalue weighted by Crippen LogP contribution is -2.29. The summed E-state index contributed by atoms with van der Waals surface area (Å²) in [6.07, 6.45) is 2.61. The molecule has 0 aromatic heterocycles. The quantitative estimate of drug-likeness (QED) is 0.722. The van der Waals surface area contributed by atoms with Crippen LogP contribution in [0.4, 0.5) is 0 Å². The van der Waals surface area contributed by atoms with E-state index in [0.29, 0.717) is 4.75 Å². The van der Waals surface area contributed by atoms with Crippen molar-refractivity contribution in [3.63, 3.8) is 0 Å². The Morgan fingerprint density at radius 2 is 2.14 bits per heavy atom. The molecule has 0 aliphatic carbocycles. The van der Waals surface area contributed by atoms with Crippen LogP contribution in [-0.2, 0) is 0 Å². The molecule has 0 saturated carbocycles. The Morgan fingerprint density at radius 3 is 2.86 bits per heavy atom. The summed E-state index contributed by atoms with van der Waals surface area (Å²) in [5, 5.41) is 3.21. The lowest BCUT2D eigenvalue weighted by Gasteiger charge is -2.22. The maximum absolute atomic E-state index is 3.21. The topological polar surface area (TPSA) is 15.3 Å². The third kappa shape index (κ3) is 4.67. The maximum atomic E-state index is 3.21. The number of nitrogens with zero attached hydrogens (tertiary/aromatic N) is 1. The van der Waals surface area contributed by atoms with Gasteiger partial charge in [0, 0.05) is 17.0 Å². The van der Waals surface area contributed by atoms with Gasteiger partial charge in [0.1, 0.15) is 0 Å². The second-order valence-electron chi connectivity index (χ2n) is 4.66. The van der Waals surface area contributed by atoms with E-state index in [9.17, 15) is 0 Å². The SMILES string of the molecule is CNCCCN1CCSC(C)(C)CC1. The molecule has 1 fully saturated rings. The van der Waals surface area contributed by atoms with Crippen molar-refractivity contribution in [1.29, 1.82) is 0 Å². The number of hydrogen-bond acceptors (Lipinski definition) is 3. The zero-order valence-corrected chi connectivity index (χ0v) is 10.6. The molecule has 3 heteroatoms. The molecule has 0 amide bonds. The van der Waals surface area contributed by atoms with Crippen molar-refractivity contribution in [2.45, 2.75) is 31.4 Å². The van der Waals surface area contributed by atoms with E-state index in [2.05, 4.69) is 35.8 Å². The van der Waals surface area contributed by atoms with Crippen LogP contribution in [0, 0.1) is 0 Å². The van der Waals surface area contributed by atoms with Crippen LogP contribution in [0.2, 0.25) is 0 Å². The van der Waals surface area contributed by atoms with E-state index in [1.54, 1.807) is 0 Å². The smallest absolute Gasteiger partial charge is 0.0116 e. The highest BCUT2D eigenvalue weighted by Gasteiger charge is 2.22. The standard InChI is InChI=1S/C11H24N2S/c1-11(2)5-8-13(9-10-14-11)7-4-6-12-3/h12H,4-10H2,1-3H3. The summed E-state index contributed by atoms with van der Waals surface area (Å²) in [6, 6.07) is 0. The van der Waals surface area contributed by atoms with Crippen molar-refractivity contribution in [1.82, 2.24) is 10.2 Å². The molecular weight excluding hydrogens is 192 g/mol. The van der Waals surface area contributed by atoms with E-state index in [4.69, 9.17) is 0 Å². The third-order valence-corrected chi connectivity index (χ3v) is 4.20. The van der Waals surface area contributed by atoms with Crippen molar-refractivity contribution in [2.75, 3.05) is 39.0 Å². The molecule has 0 spiro atoms. The van der Waals surface area contributed by atoms with Crippen molar-refractivity contribution in [3.8, 4) is 0 Å². The normalized spacial score (nSPS) is 23.4. The molecule has 1 saturated heterocycles. The minimum Gasteiger partial charge on any atom is -0.320 e. The van der Waals surface area contributed by atoms with E-state index in [1.807, 2.05) is 7.05 Å². The van der Waals surface area contributed by atoms with Crippen molar-refractivity contribution in [3.05, 3.63) is 0 Å².